The maximum absolute atomic E-state index is 11.6. The highest BCUT2D eigenvalue weighted by Crippen LogP contribution is 2.21. The van der Waals surface area contributed by atoms with Crippen LogP contribution in [-0.2, 0) is 4.79 Å². The number of amides is 2. The summed E-state index contributed by atoms with van der Waals surface area (Å²) in [5, 5.41) is 5.61. The molecule has 0 aromatic heterocycles. The van der Waals surface area contributed by atoms with Gasteiger partial charge < -0.3 is 16.4 Å². The summed E-state index contributed by atoms with van der Waals surface area (Å²) < 4.78 is 0. The van der Waals surface area contributed by atoms with Crippen molar-refractivity contribution in [2.24, 2.45) is 5.73 Å². The number of benzene rings is 1. The van der Waals surface area contributed by atoms with E-state index in [1.54, 1.807) is 12.1 Å². The number of nitrogens with two attached hydrogens (primary N) is 1. The standard InChI is InChI=1S/C12H16ClN3O2.ClH/c1-15-12(18)9-7-8(13)4-5-10(9)16-11(17)3-2-6-14;/h4-5,7H,2-3,6,14H2,1H3,(H,15,18)(H,16,17);1H. The average Bonchev–Trinajstić information content (AvgIpc) is 2.37. The Bertz CT molecular complexity index is 453. The first-order valence-electron chi connectivity index (χ1n) is 5.60. The minimum atomic E-state index is -0.299. The molecule has 0 aliphatic heterocycles. The van der Waals surface area contributed by atoms with Crippen LogP contribution in [0.2, 0.25) is 5.02 Å². The molecule has 2 amide bonds. The van der Waals surface area contributed by atoms with E-state index in [4.69, 9.17) is 17.3 Å². The van der Waals surface area contributed by atoms with Crippen LogP contribution in [0.1, 0.15) is 23.2 Å². The molecule has 19 heavy (non-hydrogen) atoms. The van der Waals surface area contributed by atoms with Gasteiger partial charge in [0.2, 0.25) is 5.91 Å². The third-order valence-electron chi connectivity index (χ3n) is 2.34. The molecule has 0 fully saturated rings. The molecule has 1 aromatic carbocycles. The second-order valence-electron chi connectivity index (χ2n) is 3.71. The second-order valence-corrected chi connectivity index (χ2v) is 4.15. The van der Waals surface area contributed by atoms with Gasteiger partial charge in [0.15, 0.2) is 0 Å². The summed E-state index contributed by atoms with van der Waals surface area (Å²) in [5.41, 5.74) is 6.11. The zero-order valence-corrected chi connectivity index (χ0v) is 12.1. The maximum Gasteiger partial charge on any atom is 0.253 e. The van der Waals surface area contributed by atoms with Crippen molar-refractivity contribution in [3.8, 4) is 0 Å². The highest BCUT2D eigenvalue weighted by molar-refractivity contribution is 6.31. The molecule has 7 heteroatoms. The van der Waals surface area contributed by atoms with Gasteiger partial charge in [-0.1, -0.05) is 11.6 Å². The molecule has 0 heterocycles. The predicted molar refractivity (Wildman–Crippen MR) is 79.0 cm³/mol. The highest BCUT2D eigenvalue weighted by Gasteiger charge is 2.12. The molecular formula is C12H17Cl2N3O2. The fourth-order valence-electron chi connectivity index (χ4n) is 1.42. The Morgan fingerprint density at radius 3 is 2.63 bits per heavy atom. The fraction of sp³-hybridized carbons (Fsp3) is 0.333. The Morgan fingerprint density at radius 2 is 2.05 bits per heavy atom. The summed E-state index contributed by atoms with van der Waals surface area (Å²) in [4.78, 5) is 23.2. The molecule has 5 nitrogen and oxygen atoms in total. The molecule has 0 bridgehead atoms. The van der Waals surface area contributed by atoms with Gasteiger partial charge in [-0.15, -0.1) is 12.4 Å². The summed E-state index contributed by atoms with van der Waals surface area (Å²) in [7, 11) is 1.52. The van der Waals surface area contributed by atoms with Gasteiger partial charge in [0.1, 0.15) is 0 Å². The third kappa shape index (κ3) is 5.46. The molecule has 1 rings (SSSR count). The van der Waals surface area contributed by atoms with Crippen LogP contribution >= 0.6 is 24.0 Å². The Morgan fingerprint density at radius 1 is 1.37 bits per heavy atom. The lowest BCUT2D eigenvalue weighted by molar-refractivity contribution is -0.116. The van der Waals surface area contributed by atoms with Crippen LogP contribution in [0.25, 0.3) is 0 Å². The van der Waals surface area contributed by atoms with Crippen molar-refractivity contribution in [2.45, 2.75) is 12.8 Å². The van der Waals surface area contributed by atoms with E-state index in [1.807, 2.05) is 0 Å². The number of halogens is 2. The molecule has 0 spiro atoms. The Labute approximate surface area is 123 Å². The lowest BCUT2D eigenvalue weighted by Crippen LogP contribution is -2.21. The Balaban J connectivity index is 0.00000324. The van der Waals surface area contributed by atoms with Crippen molar-refractivity contribution in [1.82, 2.24) is 5.32 Å². The van der Waals surface area contributed by atoms with Crippen LogP contribution in [0.3, 0.4) is 0 Å². The van der Waals surface area contributed by atoms with Crippen LogP contribution in [0, 0.1) is 0 Å². The number of nitrogens with one attached hydrogen (secondary N) is 2. The summed E-state index contributed by atoms with van der Waals surface area (Å²) in [6.45, 7) is 0.455. The number of carbonyl (C=O) groups is 2. The lowest BCUT2D eigenvalue weighted by atomic mass is 10.1. The van der Waals surface area contributed by atoms with Gasteiger partial charge >= 0.3 is 0 Å². The molecule has 0 saturated carbocycles. The number of carbonyl (C=O) groups excluding carboxylic acids is 2. The molecule has 106 valence electrons. The van der Waals surface area contributed by atoms with Crippen molar-refractivity contribution in [3.63, 3.8) is 0 Å². The van der Waals surface area contributed by atoms with E-state index in [9.17, 15) is 9.59 Å². The van der Waals surface area contributed by atoms with E-state index >= 15 is 0 Å². The van der Waals surface area contributed by atoms with Gasteiger partial charge in [-0.25, -0.2) is 0 Å². The van der Waals surface area contributed by atoms with E-state index in [0.29, 0.717) is 35.7 Å². The van der Waals surface area contributed by atoms with E-state index in [-0.39, 0.29) is 24.2 Å². The van der Waals surface area contributed by atoms with Gasteiger partial charge in [0, 0.05) is 18.5 Å². The van der Waals surface area contributed by atoms with Crippen molar-refractivity contribution in [2.75, 3.05) is 18.9 Å². The van der Waals surface area contributed by atoms with Gasteiger partial charge in [-0.05, 0) is 31.2 Å². The van der Waals surface area contributed by atoms with Crippen molar-refractivity contribution < 1.29 is 9.59 Å². The summed E-state index contributed by atoms with van der Waals surface area (Å²) in [5.74, 6) is -0.473. The molecule has 0 aliphatic carbocycles. The summed E-state index contributed by atoms with van der Waals surface area (Å²) in [6.07, 6.45) is 0.932. The topological polar surface area (TPSA) is 84.2 Å². The van der Waals surface area contributed by atoms with Crippen LogP contribution < -0.4 is 16.4 Å². The molecular weight excluding hydrogens is 289 g/mol. The van der Waals surface area contributed by atoms with Crippen LogP contribution in [-0.4, -0.2) is 25.4 Å². The number of anilines is 1. The maximum atomic E-state index is 11.6. The SMILES string of the molecule is CNC(=O)c1cc(Cl)ccc1NC(=O)CCCN.Cl. The molecule has 0 saturated heterocycles. The zero-order chi connectivity index (χ0) is 13.5. The smallest absolute Gasteiger partial charge is 0.253 e. The van der Waals surface area contributed by atoms with Crippen LogP contribution in [0.4, 0.5) is 5.69 Å². The monoisotopic (exact) mass is 305 g/mol. The largest absolute Gasteiger partial charge is 0.355 e. The van der Waals surface area contributed by atoms with E-state index < -0.39 is 0 Å². The van der Waals surface area contributed by atoms with Crippen LogP contribution in [0.5, 0.6) is 0 Å². The minimum Gasteiger partial charge on any atom is -0.355 e. The first kappa shape index (κ1) is 17.7. The van der Waals surface area contributed by atoms with E-state index in [2.05, 4.69) is 10.6 Å². The van der Waals surface area contributed by atoms with E-state index in [1.165, 1.54) is 13.1 Å². The highest BCUT2D eigenvalue weighted by atomic mass is 35.5. The normalized spacial score (nSPS) is 9.42. The van der Waals surface area contributed by atoms with Gasteiger partial charge in [-0.2, -0.15) is 0 Å². The van der Waals surface area contributed by atoms with Gasteiger partial charge in [0.25, 0.3) is 5.91 Å². The first-order chi connectivity index (χ1) is 8.58. The Kier molecular flexibility index (Phi) is 8.14. The number of hydrogen-bond acceptors (Lipinski definition) is 3. The van der Waals surface area contributed by atoms with Crippen molar-refractivity contribution in [1.29, 1.82) is 0 Å². The Hall–Kier alpha value is -1.30. The van der Waals surface area contributed by atoms with Gasteiger partial charge in [0.05, 0.1) is 11.3 Å². The molecule has 0 radical (unpaired) electrons. The molecule has 0 atom stereocenters. The molecule has 1 aromatic rings. The van der Waals surface area contributed by atoms with Crippen LogP contribution in [0.15, 0.2) is 18.2 Å². The minimum absolute atomic E-state index is 0. The molecule has 4 N–H and O–H groups in total. The number of rotatable bonds is 5. The van der Waals surface area contributed by atoms with Crippen molar-refractivity contribution >= 4 is 41.5 Å². The predicted octanol–water partition coefficient (Wildman–Crippen LogP) is 1.80. The summed E-state index contributed by atoms with van der Waals surface area (Å²) >= 11 is 5.83. The molecule has 0 unspecified atom stereocenters. The van der Waals surface area contributed by atoms with Crippen molar-refractivity contribution in [3.05, 3.63) is 28.8 Å². The van der Waals surface area contributed by atoms with Gasteiger partial charge in [-0.3, -0.25) is 9.59 Å². The lowest BCUT2D eigenvalue weighted by Gasteiger charge is -2.10. The third-order valence-corrected chi connectivity index (χ3v) is 2.57. The van der Waals surface area contributed by atoms with E-state index in [0.717, 1.165) is 0 Å². The molecule has 0 aliphatic rings. The quantitative estimate of drug-likeness (QED) is 0.775. The average molecular weight is 306 g/mol. The second kappa shape index (κ2) is 8.74. The zero-order valence-electron chi connectivity index (χ0n) is 10.5. The first-order valence-corrected chi connectivity index (χ1v) is 5.98. The fourth-order valence-corrected chi connectivity index (χ4v) is 1.60. The summed E-state index contributed by atoms with van der Waals surface area (Å²) in [6, 6.07) is 4.73. The number of hydrogen-bond donors (Lipinski definition) is 3.